The topological polar surface area (TPSA) is 89.8 Å². The molecule has 3 rings (SSSR count). The second-order valence-corrected chi connectivity index (χ2v) is 6.81. The monoisotopic (exact) mass is 321 g/mol. The number of hydrogen-bond acceptors (Lipinski definition) is 6. The van der Waals surface area contributed by atoms with E-state index in [9.17, 15) is 8.42 Å². The molecule has 108 valence electrons. The molecule has 0 spiro atoms. The lowest BCUT2D eigenvalue weighted by molar-refractivity contribution is 0.601. The van der Waals surface area contributed by atoms with Crippen LogP contribution in [0.15, 0.2) is 46.7 Å². The van der Waals surface area contributed by atoms with Crippen LogP contribution in [0.25, 0.3) is 10.7 Å². The third kappa shape index (κ3) is 2.65. The van der Waals surface area contributed by atoms with E-state index in [1.165, 1.54) is 28.2 Å². The van der Waals surface area contributed by atoms with E-state index in [0.29, 0.717) is 16.4 Å². The molecular formula is C12H11N5O2S2. The highest BCUT2D eigenvalue weighted by atomic mass is 32.2. The fourth-order valence-electron chi connectivity index (χ4n) is 1.79. The number of nitrogens with one attached hydrogen (secondary N) is 1. The molecule has 7 nitrogen and oxygen atoms in total. The summed E-state index contributed by atoms with van der Waals surface area (Å²) in [5, 5.41) is 13.0. The van der Waals surface area contributed by atoms with Crippen molar-refractivity contribution in [3.05, 3.63) is 41.8 Å². The summed E-state index contributed by atoms with van der Waals surface area (Å²) in [7, 11) is -1.93. The molecule has 21 heavy (non-hydrogen) atoms. The van der Waals surface area contributed by atoms with Crippen LogP contribution in [0.4, 0.5) is 5.69 Å². The molecule has 0 aliphatic heterocycles. The number of sulfonamides is 1. The Morgan fingerprint density at radius 3 is 2.62 bits per heavy atom. The number of tetrazole rings is 1. The summed E-state index contributed by atoms with van der Waals surface area (Å²) >= 11 is 1.37. The molecule has 0 bridgehead atoms. The molecule has 0 atom stereocenters. The maximum absolute atomic E-state index is 12.3. The van der Waals surface area contributed by atoms with Gasteiger partial charge in [0, 0.05) is 7.05 Å². The van der Waals surface area contributed by atoms with Crippen LogP contribution in [0.5, 0.6) is 0 Å². The Balaban J connectivity index is 1.97. The number of thiophene rings is 1. The first kappa shape index (κ1) is 13.7. The maximum atomic E-state index is 12.3. The summed E-state index contributed by atoms with van der Waals surface area (Å²) < 4.78 is 28.7. The highest BCUT2D eigenvalue weighted by Crippen LogP contribution is 2.32. The number of benzene rings is 1. The third-order valence-corrected chi connectivity index (χ3v) is 5.08. The minimum absolute atomic E-state index is 0.207. The predicted molar refractivity (Wildman–Crippen MR) is 79.4 cm³/mol. The molecule has 2 heterocycles. The van der Waals surface area contributed by atoms with E-state index in [2.05, 4.69) is 20.2 Å². The summed E-state index contributed by atoms with van der Waals surface area (Å²) in [6.07, 6.45) is 0. The van der Waals surface area contributed by atoms with Crippen molar-refractivity contribution in [3.63, 3.8) is 0 Å². The van der Waals surface area contributed by atoms with Crippen molar-refractivity contribution in [2.24, 2.45) is 7.05 Å². The molecule has 0 amide bonds. The quantitative estimate of drug-likeness (QED) is 0.790. The largest absolute Gasteiger partial charge is 0.278 e. The van der Waals surface area contributed by atoms with E-state index in [1.807, 2.05) is 0 Å². The van der Waals surface area contributed by atoms with E-state index in [-0.39, 0.29) is 4.90 Å². The molecule has 0 fully saturated rings. The van der Waals surface area contributed by atoms with Gasteiger partial charge in [-0.1, -0.05) is 18.2 Å². The fraction of sp³-hybridized carbons (Fsp3) is 0.0833. The number of nitrogens with zero attached hydrogens (tertiary/aromatic N) is 4. The number of rotatable bonds is 4. The van der Waals surface area contributed by atoms with Crippen LogP contribution in [-0.2, 0) is 17.1 Å². The van der Waals surface area contributed by atoms with Gasteiger partial charge < -0.3 is 0 Å². The Labute approximate surface area is 125 Å². The van der Waals surface area contributed by atoms with Gasteiger partial charge >= 0.3 is 0 Å². The van der Waals surface area contributed by atoms with Crippen LogP contribution in [0.2, 0.25) is 0 Å². The molecule has 0 saturated heterocycles. The minimum Gasteiger partial charge on any atom is -0.278 e. The maximum Gasteiger partial charge on any atom is 0.261 e. The number of anilines is 1. The average molecular weight is 321 g/mol. The molecule has 1 aromatic carbocycles. The molecule has 0 aliphatic rings. The lowest BCUT2D eigenvalue weighted by Crippen LogP contribution is -2.13. The molecule has 9 heteroatoms. The zero-order valence-electron chi connectivity index (χ0n) is 11.0. The lowest BCUT2D eigenvalue weighted by Gasteiger charge is -2.08. The Bertz CT molecular complexity index is 855. The van der Waals surface area contributed by atoms with Crippen LogP contribution in [0, 0.1) is 0 Å². The van der Waals surface area contributed by atoms with Gasteiger partial charge in [0.2, 0.25) is 0 Å². The van der Waals surface area contributed by atoms with E-state index in [0.717, 1.165) is 0 Å². The second kappa shape index (κ2) is 5.26. The predicted octanol–water partition coefficient (Wildman–Crippen LogP) is 1.74. The Morgan fingerprint density at radius 1 is 1.19 bits per heavy atom. The van der Waals surface area contributed by atoms with Crippen molar-refractivity contribution in [1.82, 2.24) is 20.2 Å². The summed E-state index contributed by atoms with van der Waals surface area (Å²) in [6.45, 7) is 0. The summed E-state index contributed by atoms with van der Waals surface area (Å²) in [4.78, 5) is 0.875. The lowest BCUT2D eigenvalue weighted by atomic mass is 10.4. The highest BCUT2D eigenvalue weighted by Gasteiger charge is 2.19. The van der Waals surface area contributed by atoms with Crippen molar-refractivity contribution in [1.29, 1.82) is 0 Å². The average Bonchev–Trinajstić information content (AvgIpc) is 3.08. The Morgan fingerprint density at radius 2 is 1.95 bits per heavy atom. The number of hydrogen-bond donors (Lipinski definition) is 1. The molecule has 0 radical (unpaired) electrons. The molecule has 0 unspecified atom stereocenters. The van der Waals surface area contributed by atoms with E-state index >= 15 is 0 Å². The summed E-state index contributed by atoms with van der Waals surface area (Å²) in [6, 6.07) is 9.89. The Hall–Kier alpha value is -2.26. The van der Waals surface area contributed by atoms with Crippen LogP contribution in [0.1, 0.15) is 0 Å². The van der Waals surface area contributed by atoms with Gasteiger partial charge in [-0.05, 0) is 34.0 Å². The van der Waals surface area contributed by atoms with Gasteiger partial charge in [-0.2, -0.15) is 0 Å². The molecule has 0 aliphatic carbocycles. The number of aromatic nitrogens is 4. The zero-order chi connectivity index (χ0) is 14.9. The van der Waals surface area contributed by atoms with Crippen molar-refractivity contribution in [2.75, 3.05) is 4.72 Å². The summed E-state index contributed by atoms with van der Waals surface area (Å²) in [5.74, 6) is 0.510. The normalized spacial score (nSPS) is 11.5. The van der Waals surface area contributed by atoms with E-state index in [4.69, 9.17) is 0 Å². The molecular weight excluding hydrogens is 310 g/mol. The first-order valence-electron chi connectivity index (χ1n) is 5.96. The zero-order valence-corrected chi connectivity index (χ0v) is 12.6. The van der Waals surface area contributed by atoms with Gasteiger partial charge in [-0.15, -0.1) is 16.4 Å². The molecule has 3 aromatic rings. The van der Waals surface area contributed by atoms with Gasteiger partial charge in [-0.3, -0.25) is 4.72 Å². The molecule has 1 N–H and O–H groups in total. The van der Waals surface area contributed by atoms with Crippen LogP contribution in [-0.4, -0.2) is 28.6 Å². The number of aryl methyl sites for hydroxylation is 1. The third-order valence-electron chi connectivity index (χ3n) is 2.79. The smallest absolute Gasteiger partial charge is 0.261 e. The molecule has 0 saturated carbocycles. The van der Waals surface area contributed by atoms with E-state index < -0.39 is 10.0 Å². The van der Waals surface area contributed by atoms with Crippen LogP contribution in [0.3, 0.4) is 0 Å². The second-order valence-electron chi connectivity index (χ2n) is 4.21. The van der Waals surface area contributed by atoms with Gasteiger partial charge in [-0.25, -0.2) is 13.1 Å². The SMILES string of the molecule is Cn1nnnc1-c1sccc1NS(=O)(=O)c1ccccc1. The Kier molecular flexibility index (Phi) is 3.43. The standard InChI is InChI=1S/C12H11N5O2S2/c1-17-12(13-15-16-17)11-10(7-8-20-11)14-21(18,19)9-5-3-2-4-6-9/h2-8,14H,1H3. The van der Waals surface area contributed by atoms with E-state index in [1.54, 1.807) is 36.7 Å². The van der Waals surface area contributed by atoms with Crippen molar-refractivity contribution < 1.29 is 8.42 Å². The first-order chi connectivity index (χ1) is 10.1. The minimum atomic E-state index is -3.63. The van der Waals surface area contributed by atoms with Crippen molar-refractivity contribution in [2.45, 2.75) is 4.90 Å². The first-order valence-corrected chi connectivity index (χ1v) is 8.32. The van der Waals surface area contributed by atoms with Crippen LogP contribution >= 0.6 is 11.3 Å². The molecule has 2 aromatic heterocycles. The van der Waals surface area contributed by atoms with Gasteiger partial charge in [0.25, 0.3) is 10.0 Å². The summed E-state index contributed by atoms with van der Waals surface area (Å²) in [5.41, 5.74) is 0.460. The highest BCUT2D eigenvalue weighted by molar-refractivity contribution is 7.92. The van der Waals surface area contributed by atoms with Crippen molar-refractivity contribution >= 4 is 27.0 Å². The fourth-order valence-corrected chi connectivity index (χ4v) is 3.81. The van der Waals surface area contributed by atoms with Gasteiger partial charge in [0.15, 0.2) is 5.82 Å². The van der Waals surface area contributed by atoms with Gasteiger partial charge in [0.05, 0.1) is 15.5 Å². The van der Waals surface area contributed by atoms with Gasteiger partial charge in [0.1, 0.15) is 0 Å². The van der Waals surface area contributed by atoms with Crippen LogP contribution < -0.4 is 4.72 Å². The van der Waals surface area contributed by atoms with Crippen molar-refractivity contribution in [3.8, 4) is 10.7 Å².